The van der Waals surface area contributed by atoms with Crippen LogP contribution in [0.3, 0.4) is 0 Å². The number of amides is 1. The van der Waals surface area contributed by atoms with E-state index in [2.05, 4.69) is 5.32 Å². The number of rotatable bonds is 3. The summed E-state index contributed by atoms with van der Waals surface area (Å²) in [6, 6.07) is 0. The highest BCUT2D eigenvalue weighted by molar-refractivity contribution is 5.73. The lowest BCUT2D eigenvalue weighted by atomic mass is 9.79. The molecule has 5 heteroatoms. The van der Waals surface area contributed by atoms with Crippen molar-refractivity contribution < 1.29 is 19.1 Å². The van der Waals surface area contributed by atoms with Crippen LogP contribution < -0.4 is 5.32 Å². The van der Waals surface area contributed by atoms with Gasteiger partial charge in [0.1, 0.15) is 5.60 Å². The Morgan fingerprint density at radius 3 is 2.42 bits per heavy atom. The van der Waals surface area contributed by atoms with Gasteiger partial charge in [0.2, 0.25) is 0 Å². The van der Waals surface area contributed by atoms with E-state index < -0.39 is 11.7 Å². The standard InChI is InChI=1S/C14H25NO4/c1-14(2,3)19-13(17)15-9-10-7-5-6-8-11(10)12(16)18-4/h10-11H,5-9H2,1-4H3,(H,15,17)/t10-,11+/m0/s1. The van der Waals surface area contributed by atoms with Crippen LogP contribution in [0.1, 0.15) is 46.5 Å². The average molecular weight is 271 g/mol. The summed E-state index contributed by atoms with van der Waals surface area (Å²) < 4.78 is 10.0. The summed E-state index contributed by atoms with van der Waals surface area (Å²) in [5.74, 6) is -0.127. The second-order valence-corrected chi connectivity index (χ2v) is 6.06. The number of hydrogen-bond acceptors (Lipinski definition) is 4. The Labute approximate surface area is 115 Å². The highest BCUT2D eigenvalue weighted by Crippen LogP contribution is 2.30. The fraction of sp³-hybridized carbons (Fsp3) is 0.857. The van der Waals surface area contributed by atoms with Crippen LogP contribution in [0.4, 0.5) is 4.79 Å². The average Bonchev–Trinajstić information content (AvgIpc) is 2.33. The van der Waals surface area contributed by atoms with Gasteiger partial charge in [0, 0.05) is 6.54 Å². The molecule has 19 heavy (non-hydrogen) atoms. The monoisotopic (exact) mass is 271 g/mol. The zero-order valence-electron chi connectivity index (χ0n) is 12.3. The molecule has 0 aromatic rings. The quantitative estimate of drug-likeness (QED) is 0.801. The van der Waals surface area contributed by atoms with E-state index in [9.17, 15) is 9.59 Å². The van der Waals surface area contributed by atoms with E-state index in [0.717, 1.165) is 25.7 Å². The van der Waals surface area contributed by atoms with Crippen molar-refractivity contribution in [3.63, 3.8) is 0 Å². The van der Waals surface area contributed by atoms with Crippen LogP contribution in [0.25, 0.3) is 0 Å². The van der Waals surface area contributed by atoms with Gasteiger partial charge in [0.15, 0.2) is 0 Å². The first-order valence-corrected chi connectivity index (χ1v) is 6.88. The maximum absolute atomic E-state index is 11.7. The molecule has 0 spiro atoms. The second-order valence-electron chi connectivity index (χ2n) is 6.06. The molecule has 110 valence electrons. The lowest BCUT2D eigenvalue weighted by Gasteiger charge is -2.30. The van der Waals surface area contributed by atoms with Gasteiger partial charge in [0.25, 0.3) is 0 Å². The number of ether oxygens (including phenoxy) is 2. The van der Waals surface area contributed by atoms with E-state index in [1.807, 2.05) is 20.8 Å². The van der Waals surface area contributed by atoms with Gasteiger partial charge in [-0.2, -0.15) is 0 Å². The number of esters is 1. The molecule has 0 aromatic heterocycles. The normalized spacial score (nSPS) is 23.6. The van der Waals surface area contributed by atoms with Crippen LogP contribution in [0.5, 0.6) is 0 Å². The Hall–Kier alpha value is -1.26. The van der Waals surface area contributed by atoms with Crippen molar-refractivity contribution in [3.8, 4) is 0 Å². The van der Waals surface area contributed by atoms with Gasteiger partial charge in [-0.05, 0) is 39.5 Å². The molecule has 0 bridgehead atoms. The minimum Gasteiger partial charge on any atom is -0.469 e. The zero-order valence-corrected chi connectivity index (χ0v) is 12.3. The Bertz CT molecular complexity index is 322. The van der Waals surface area contributed by atoms with E-state index in [1.54, 1.807) is 0 Å². The molecule has 0 radical (unpaired) electrons. The Morgan fingerprint density at radius 2 is 1.84 bits per heavy atom. The van der Waals surface area contributed by atoms with Crippen molar-refractivity contribution in [2.75, 3.05) is 13.7 Å². The third kappa shape index (κ3) is 5.49. The highest BCUT2D eigenvalue weighted by Gasteiger charge is 2.32. The molecular weight excluding hydrogens is 246 g/mol. The van der Waals surface area contributed by atoms with E-state index in [0.29, 0.717) is 6.54 Å². The van der Waals surface area contributed by atoms with Crippen LogP contribution >= 0.6 is 0 Å². The van der Waals surface area contributed by atoms with Gasteiger partial charge in [0.05, 0.1) is 13.0 Å². The molecule has 1 rings (SSSR count). The molecule has 1 aliphatic rings. The minimum absolute atomic E-state index is 0.103. The zero-order chi connectivity index (χ0) is 14.5. The lowest BCUT2D eigenvalue weighted by molar-refractivity contribution is -0.148. The van der Waals surface area contributed by atoms with Gasteiger partial charge in [-0.3, -0.25) is 4.79 Å². The van der Waals surface area contributed by atoms with Gasteiger partial charge in [-0.15, -0.1) is 0 Å². The molecule has 0 heterocycles. The smallest absolute Gasteiger partial charge is 0.407 e. The molecule has 0 aromatic carbocycles. The summed E-state index contributed by atoms with van der Waals surface area (Å²) >= 11 is 0. The lowest BCUT2D eigenvalue weighted by Crippen LogP contribution is -2.39. The predicted octanol–water partition coefficient (Wildman–Crippen LogP) is 2.49. The SMILES string of the molecule is COC(=O)[C@@H]1CCCC[C@H]1CNC(=O)OC(C)(C)C. The first kappa shape index (κ1) is 15.8. The molecule has 5 nitrogen and oxygen atoms in total. The highest BCUT2D eigenvalue weighted by atomic mass is 16.6. The van der Waals surface area contributed by atoms with Gasteiger partial charge >= 0.3 is 12.1 Å². The molecule has 1 fully saturated rings. The first-order valence-electron chi connectivity index (χ1n) is 6.88. The molecule has 1 amide bonds. The van der Waals surface area contributed by atoms with Crippen LogP contribution in [0.2, 0.25) is 0 Å². The summed E-state index contributed by atoms with van der Waals surface area (Å²) in [6.07, 6.45) is 3.49. The fourth-order valence-electron chi connectivity index (χ4n) is 2.44. The Balaban J connectivity index is 2.45. The third-order valence-corrected chi connectivity index (χ3v) is 3.32. The van der Waals surface area contributed by atoms with E-state index in [1.165, 1.54) is 7.11 Å². The van der Waals surface area contributed by atoms with Gasteiger partial charge in [-0.1, -0.05) is 12.8 Å². The number of carbonyl (C=O) groups excluding carboxylic acids is 2. The van der Waals surface area contributed by atoms with Gasteiger partial charge < -0.3 is 14.8 Å². The number of carbonyl (C=O) groups is 2. The van der Waals surface area contributed by atoms with Crippen molar-refractivity contribution in [2.45, 2.75) is 52.1 Å². The van der Waals surface area contributed by atoms with Crippen LogP contribution in [0.15, 0.2) is 0 Å². The second kappa shape index (κ2) is 6.78. The van der Waals surface area contributed by atoms with Crippen molar-refractivity contribution in [3.05, 3.63) is 0 Å². The molecule has 0 unspecified atom stereocenters. The van der Waals surface area contributed by atoms with Crippen molar-refractivity contribution >= 4 is 12.1 Å². The summed E-state index contributed by atoms with van der Waals surface area (Å²) in [4.78, 5) is 23.3. The third-order valence-electron chi connectivity index (χ3n) is 3.32. The van der Waals surface area contributed by atoms with Crippen molar-refractivity contribution in [1.82, 2.24) is 5.32 Å². The predicted molar refractivity (Wildman–Crippen MR) is 71.7 cm³/mol. The number of nitrogens with one attached hydrogen (secondary N) is 1. The molecule has 1 aliphatic carbocycles. The maximum Gasteiger partial charge on any atom is 0.407 e. The number of methoxy groups -OCH3 is 1. The number of hydrogen-bond donors (Lipinski definition) is 1. The first-order chi connectivity index (χ1) is 8.83. The Kier molecular flexibility index (Phi) is 5.63. The molecular formula is C14H25NO4. The summed E-state index contributed by atoms with van der Waals surface area (Å²) in [5.41, 5.74) is -0.502. The largest absolute Gasteiger partial charge is 0.469 e. The van der Waals surface area contributed by atoms with Crippen molar-refractivity contribution in [1.29, 1.82) is 0 Å². The van der Waals surface area contributed by atoms with Crippen LogP contribution in [-0.2, 0) is 14.3 Å². The van der Waals surface area contributed by atoms with Crippen LogP contribution in [-0.4, -0.2) is 31.3 Å². The topological polar surface area (TPSA) is 64.6 Å². The fourth-order valence-corrected chi connectivity index (χ4v) is 2.44. The van der Waals surface area contributed by atoms with E-state index in [4.69, 9.17) is 9.47 Å². The summed E-state index contributed by atoms with van der Waals surface area (Å²) in [6.45, 7) is 5.94. The van der Waals surface area contributed by atoms with E-state index >= 15 is 0 Å². The Morgan fingerprint density at radius 1 is 1.21 bits per heavy atom. The van der Waals surface area contributed by atoms with Crippen LogP contribution in [0, 0.1) is 11.8 Å². The molecule has 1 N–H and O–H groups in total. The maximum atomic E-state index is 11.7. The van der Waals surface area contributed by atoms with E-state index in [-0.39, 0.29) is 17.8 Å². The minimum atomic E-state index is -0.502. The number of alkyl carbamates (subject to hydrolysis) is 1. The molecule has 1 saturated carbocycles. The summed E-state index contributed by atoms with van der Waals surface area (Å²) in [5, 5.41) is 2.75. The molecule has 0 saturated heterocycles. The van der Waals surface area contributed by atoms with Crippen molar-refractivity contribution in [2.24, 2.45) is 11.8 Å². The molecule has 2 atom stereocenters. The van der Waals surface area contributed by atoms with Gasteiger partial charge in [-0.25, -0.2) is 4.79 Å². The summed E-state index contributed by atoms with van der Waals surface area (Å²) in [7, 11) is 1.41. The molecule has 0 aliphatic heterocycles.